The largest absolute Gasteiger partial charge is 0.327 e. The van der Waals surface area contributed by atoms with E-state index in [9.17, 15) is 0 Å². The Kier molecular flexibility index (Phi) is 3.18. The van der Waals surface area contributed by atoms with Crippen LogP contribution in [0.1, 0.15) is 42.5 Å². The summed E-state index contributed by atoms with van der Waals surface area (Å²) in [5.74, 6) is 1.15. The van der Waals surface area contributed by atoms with Gasteiger partial charge in [0.25, 0.3) is 0 Å². The van der Waals surface area contributed by atoms with Crippen LogP contribution < -0.4 is 0 Å². The van der Waals surface area contributed by atoms with Crippen LogP contribution in [-0.4, -0.2) is 9.55 Å². The SMILES string of the molecule is Brc1nc(-c2ccc3c(c2)CCCC3)n2c1CCCC2. The Hall–Kier alpha value is -1.09. The van der Waals surface area contributed by atoms with Gasteiger partial charge in [0.2, 0.25) is 0 Å². The van der Waals surface area contributed by atoms with Crippen molar-refractivity contribution in [3.05, 3.63) is 39.6 Å². The summed E-state index contributed by atoms with van der Waals surface area (Å²) in [7, 11) is 0. The molecule has 0 amide bonds. The third-order valence-corrected chi connectivity index (χ3v) is 5.31. The number of hydrogen-bond donors (Lipinski definition) is 0. The van der Waals surface area contributed by atoms with Crippen LogP contribution >= 0.6 is 15.9 Å². The number of imidazole rings is 1. The first-order valence-corrected chi connectivity index (χ1v) is 8.49. The maximum Gasteiger partial charge on any atom is 0.141 e. The molecule has 0 fully saturated rings. The molecule has 2 aromatic rings. The van der Waals surface area contributed by atoms with E-state index in [0.29, 0.717) is 0 Å². The van der Waals surface area contributed by atoms with E-state index in [2.05, 4.69) is 38.7 Å². The highest BCUT2D eigenvalue weighted by atomic mass is 79.9. The minimum absolute atomic E-state index is 1.05. The van der Waals surface area contributed by atoms with Gasteiger partial charge in [0.1, 0.15) is 10.4 Å². The highest BCUT2D eigenvalue weighted by molar-refractivity contribution is 9.10. The average molecular weight is 331 g/mol. The number of aromatic nitrogens is 2. The molecule has 0 saturated carbocycles. The summed E-state index contributed by atoms with van der Waals surface area (Å²) in [5.41, 5.74) is 5.76. The number of nitrogens with zero attached hydrogens (tertiary/aromatic N) is 2. The zero-order valence-electron chi connectivity index (χ0n) is 11.7. The van der Waals surface area contributed by atoms with Crippen molar-refractivity contribution in [2.75, 3.05) is 0 Å². The highest BCUT2D eigenvalue weighted by Gasteiger charge is 2.20. The van der Waals surface area contributed by atoms with E-state index >= 15 is 0 Å². The van der Waals surface area contributed by atoms with Crippen LogP contribution in [0, 0.1) is 0 Å². The van der Waals surface area contributed by atoms with Crippen molar-refractivity contribution in [3.8, 4) is 11.4 Å². The summed E-state index contributed by atoms with van der Waals surface area (Å²) in [6.07, 6.45) is 8.87. The van der Waals surface area contributed by atoms with Gasteiger partial charge in [-0.2, -0.15) is 0 Å². The van der Waals surface area contributed by atoms with E-state index in [1.807, 2.05) is 0 Å². The van der Waals surface area contributed by atoms with Crippen molar-refractivity contribution in [1.82, 2.24) is 9.55 Å². The molecular weight excluding hydrogens is 312 g/mol. The zero-order chi connectivity index (χ0) is 13.5. The van der Waals surface area contributed by atoms with Crippen LogP contribution in [0.2, 0.25) is 0 Å². The van der Waals surface area contributed by atoms with Gasteiger partial charge in [0.05, 0.1) is 5.69 Å². The van der Waals surface area contributed by atoms with Crippen molar-refractivity contribution >= 4 is 15.9 Å². The summed E-state index contributed by atoms with van der Waals surface area (Å²) >= 11 is 3.64. The standard InChI is InChI=1S/C17H19BrN2/c18-16-15-7-3-4-10-20(15)17(19-16)14-9-8-12-5-1-2-6-13(12)11-14/h8-9,11H,1-7,10H2. The van der Waals surface area contributed by atoms with Crippen molar-refractivity contribution in [2.45, 2.75) is 51.5 Å². The van der Waals surface area contributed by atoms with Gasteiger partial charge in [-0.3, -0.25) is 0 Å². The molecule has 104 valence electrons. The quantitative estimate of drug-likeness (QED) is 0.751. The molecule has 0 saturated heterocycles. The number of aryl methyl sites for hydroxylation is 2. The Balaban J connectivity index is 1.81. The molecule has 1 aromatic heterocycles. The first kappa shape index (κ1) is 12.6. The number of benzene rings is 1. The second kappa shape index (κ2) is 5.03. The second-order valence-corrected chi connectivity index (χ2v) is 6.72. The lowest BCUT2D eigenvalue weighted by molar-refractivity contribution is 0.535. The molecule has 1 aromatic carbocycles. The van der Waals surface area contributed by atoms with Crippen LogP contribution in [0.3, 0.4) is 0 Å². The summed E-state index contributed by atoms with van der Waals surface area (Å²) in [6.45, 7) is 1.11. The predicted octanol–water partition coefficient (Wildman–Crippen LogP) is 4.53. The minimum atomic E-state index is 1.05. The molecule has 0 radical (unpaired) electrons. The fourth-order valence-electron chi connectivity index (χ4n) is 3.59. The maximum atomic E-state index is 4.79. The molecule has 2 heterocycles. The van der Waals surface area contributed by atoms with E-state index in [4.69, 9.17) is 4.98 Å². The van der Waals surface area contributed by atoms with Gasteiger partial charge in [-0.1, -0.05) is 12.1 Å². The van der Waals surface area contributed by atoms with Crippen LogP contribution in [0.5, 0.6) is 0 Å². The van der Waals surface area contributed by atoms with E-state index in [1.54, 1.807) is 5.56 Å². The molecule has 0 bridgehead atoms. The molecule has 20 heavy (non-hydrogen) atoms. The van der Waals surface area contributed by atoms with E-state index in [-0.39, 0.29) is 0 Å². The van der Waals surface area contributed by atoms with Gasteiger partial charge in [0, 0.05) is 12.1 Å². The molecule has 0 N–H and O–H groups in total. The zero-order valence-corrected chi connectivity index (χ0v) is 13.2. The van der Waals surface area contributed by atoms with Crippen LogP contribution in [-0.2, 0) is 25.8 Å². The van der Waals surface area contributed by atoms with Crippen LogP contribution in [0.4, 0.5) is 0 Å². The highest BCUT2D eigenvalue weighted by Crippen LogP contribution is 2.32. The van der Waals surface area contributed by atoms with Crippen molar-refractivity contribution < 1.29 is 0 Å². The molecule has 2 aliphatic rings. The normalized spacial score (nSPS) is 17.6. The van der Waals surface area contributed by atoms with E-state index in [1.165, 1.54) is 55.3 Å². The summed E-state index contributed by atoms with van der Waals surface area (Å²) in [4.78, 5) is 4.79. The molecule has 3 heteroatoms. The van der Waals surface area contributed by atoms with Gasteiger partial charge in [0.15, 0.2) is 0 Å². The van der Waals surface area contributed by atoms with Gasteiger partial charge in [-0.25, -0.2) is 4.98 Å². The first-order valence-electron chi connectivity index (χ1n) is 7.70. The fourth-order valence-corrected chi connectivity index (χ4v) is 4.17. The van der Waals surface area contributed by atoms with Crippen LogP contribution in [0.15, 0.2) is 22.8 Å². The Morgan fingerprint density at radius 1 is 0.950 bits per heavy atom. The van der Waals surface area contributed by atoms with Gasteiger partial charge in [-0.15, -0.1) is 0 Å². The molecule has 0 unspecified atom stereocenters. The molecule has 0 atom stereocenters. The summed E-state index contributed by atoms with van der Waals surface area (Å²) in [6, 6.07) is 6.97. The topological polar surface area (TPSA) is 17.8 Å². The van der Waals surface area contributed by atoms with Gasteiger partial charge in [-0.05, 0) is 78.1 Å². The van der Waals surface area contributed by atoms with E-state index < -0.39 is 0 Å². The molecule has 0 spiro atoms. The van der Waals surface area contributed by atoms with Gasteiger partial charge >= 0.3 is 0 Å². The molecule has 1 aliphatic heterocycles. The Labute approximate surface area is 128 Å². The third-order valence-electron chi connectivity index (χ3n) is 4.68. The van der Waals surface area contributed by atoms with E-state index in [0.717, 1.165) is 23.4 Å². The fraction of sp³-hybridized carbons (Fsp3) is 0.471. The number of halogens is 1. The monoisotopic (exact) mass is 330 g/mol. The average Bonchev–Trinajstić information content (AvgIpc) is 2.85. The van der Waals surface area contributed by atoms with Crippen molar-refractivity contribution in [2.24, 2.45) is 0 Å². The number of rotatable bonds is 1. The Morgan fingerprint density at radius 2 is 1.75 bits per heavy atom. The molecule has 4 rings (SSSR count). The number of hydrogen-bond acceptors (Lipinski definition) is 1. The summed E-state index contributed by atoms with van der Waals surface area (Å²) in [5, 5.41) is 0. The first-order chi connectivity index (χ1) is 9.83. The third kappa shape index (κ3) is 2.03. The lowest BCUT2D eigenvalue weighted by atomic mass is 9.90. The van der Waals surface area contributed by atoms with Gasteiger partial charge < -0.3 is 4.57 Å². The minimum Gasteiger partial charge on any atom is -0.327 e. The molecule has 1 aliphatic carbocycles. The lowest BCUT2D eigenvalue weighted by Gasteiger charge is -2.19. The Morgan fingerprint density at radius 3 is 2.65 bits per heavy atom. The molecular formula is C17H19BrN2. The summed E-state index contributed by atoms with van der Waals surface area (Å²) < 4.78 is 3.46. The van der Waals surface area contributed by atoms with Crippen LogP contribution in [0.25, 0.3) is 11.4 Å². The maximum absolute atomic E-state index is 4.79. The van der Waals surface area contributed by atoms with Crippen molar-refractivity contribution in [3.63, 3.8) is 0 Å². The van der Waals surface area contributed by atoms with Crippen molar-refractivity contribution in [1.29, 1.82) is 0 Å². The lowest BCUT2D eigenvalue weighted by Crippen LogP contribution is -2.11. The predicted molar refractivity (Wildman–Crippen MR) is 84.9 cm³/mol. The second-order valence-electron chi connectivity index (χ2n) is 5.97. The Bertz CT molecular complexity index is 657. The molecule has 2 nitrogen and oxygen atoms in total. The number of fused-ring (bicyclic) bond motifs is 2. The smallest absolute Gasteiger partial charge is 0.141 e.